The van der Waals surface area contributed by atoms with Crippen LogP contribution in [-0.4, -0.2) is 37.7 Å². The maximum atomic E-state index is 11.3. The zero-order chi connectivity index (χ0) is 11.2. The van der Waals surface area contributed by atoms with Crippen molar-refractivity contribution in [3.05, 3.63) is 0 Å². The highest BCUT2D eigenvalue weighted by Gasteiger charge is 2.44. The highest BCUT2D eigenvalue weighted by molar-refractivity contribution is 7.25. The Morgan fingerprint density at radius 3 is 2.14 bits per heavy atom. The second-order valence-corrected chi connectivity index (χ2v) is 5.26. The Labute approximate surface area is 89.2 Å². The highest BCUT2D eigenvalue weighted by atomic mass is 31.1. The molecule has 0 radical (unpaired) electrons. The van der Waals surface area contributed by atoms with Gasteiger partial charge in [0.15, 0.2) is 0 Å². The summed E-state index contributed by atoms with van der Waals surface area (Å²) in [5, 5.41) is 0. The van der Waals surface area contributed by atoms with Gasteiger partial charge in [0.2, 0.25) is 0 Å². The third kappa shape index (κ3) is 3.30. The molecule has 14 heavy (non-hydrogen) atoms. The number of rotatable bonds is 7. The van der Waals surface area contributed by atoms with E-state index < -0.39 is 5.47 Å². The molecule has 0 aromatic heterocycles. The lowest BCUT2D eigenvalue weighted by atomic mass is 10.2. The van der Waals surface area contributed by atoms with Crippen molar-refractivity contribution in [3.63, 3.8) is 0 Å². The average molecular weight is 220 g/mol. The van der Waals surface area contributed by atoms with Crippen molar-refractivity contribution in [2.45, 2.75) is 38.6 Å². The van der Waals surface area contributed by atoms with Crippen molar-refractivity contribution in [1.82, 2.24) is 0 Å². The smallest absolute Gasteiger partial charge is 0.283 e. The molecular weight excluding hydrogens is 197 g/mol. The number of ether oxygens (including phenoxy) is 1. The maximum Gasteiger partial charge on any atom is 0.283 e. The summed E-state index contributed by atoms with van der Waals surface area (Å²) >= 11 is 0. The standard InChI is InChI=1S/C10H23NO2P/c1-6-8-9-10(14-12,13-7-2)11(3,4)5/h6-9H2,1-5H3/q+1. The van der Waals surface area contributed by atoms with E-state index in [0.29, 0.717) is 11.1 Å². The predicted molar refractivity (Wildman–Crippen MR) is 59.5 cm³/mol. The summed E-state index contributed by atoms with van der Waals surface area (Å²) in [7, 11) is 6.16. The largest absolute Gasteiger partial charge is 0.318 e. The Kier molecular flexibility index (Phi) is 5.80. The maximum absolute atomic E-state index is 11.3. The predicted octanol–water partition coefficient (Wildman–Crippen LogP) is 2.86. The van der Waals surface area contributed by atoms with Gasteiger partial charge in [-0.25, -0.2) is 0 Å². The molecule has 0 rings (SSSR count). The molecule has 0 saturated carbocycles. The lowest BCUT2D eigenvalue weighted by molar-refractivity contribution is -0.933. The first-order valence-electron chi connectivity index (χ1n) is 5.23. The number of unbranched alkanes of at least 4 members (excludes halogenated alkanes) is 1. The van der Waals surface area contributed by atoms with E-state index >= 15 is 0 Å². The van der Waals surface area contributed by atoms with Gasteiger partial charge in [0.1, 0.15) is 0 Å². The van der Waals surface area contributed by atoms with Crippen LogP contribution >= 0.6 is 8.46 Å². The van der Waals surface area contributed by atoms with Gasteiger partial charge in [-0.15, -0.1) is 0 Å². The molecule has 0 saturated heterocycles. The molecule has 0 fully saturated rings. The van der Waals surface area contributed by atoms with E-state index in [9.17, 15) is 4.57 Å². The summed E-state index contributed by atoms with van der Waals surface area (Å²) in [6, 6.07) is 0. The van der Waals surface area contributed by atoms with Crippen LogP contribution in [0.5, 0.6) is 0 Å². The fraction of sp³-hybridized carbons (Fsp3) is 1.00. The normalized spacial score (nSPS) is 16.9. The van der Waals surface area contributed by atoms with Crippen LogP contribution in [0.1, 0.15) is 33.1 Å². The lowest BCUT2D eigenvalue weighted by Gasteiger charge is -2.40. The summed E-state index contributed by atoms with van der Waals surface area (Å²) in [6.45, 7) is 4.68. The molecule has 0 aromatic rings. The van der Waals surface area contributed by atoms with Gasteiger partial charge < -0.3 is 4.74 Å². The fourth-order valence-electron chi connectivity index (χ4n) is 1.43. The molecule has 1 unspecified atom stereocenters. The van der Waals surface area contributed by atoms with Crippen LogP contribution in [0.25, 0.3) is 0 Å². The number of hydrogen-bond acceptors (Lipinski definition) is 2. The van der Waals surface area contributed by atoms with Crippen LogP contribution in [0, 0.1) is 0 Å². The van der Waals surface area contributed by atoms with Crippen molar-refractivity contribution < 1.29 is 13.8 Å². The molecule has 0 aliphatic rings. The van der Waals surface area contributed by atoms with Crippen LogP contribution in [-0.2, 0) is 9.30 Å². The highest BCUT2D eigenvalue weighted by Crippen LogP contribution is 2.36. The Bertz CT molecular complexity index is 179. The molecule has 84 valence electrons. The number of nitrogens with zero attached hydrogens (tertiary/aromatic N) is 1. The number of hydrogen-bond donors (Lipinski definition) is 0. The Balaban J connectivity index is 4.69. The van der Waals surface area contributed by atoms with Gasteiger partial charge in [0.25, 0.3) is 13.9 Å². The van der Waals surface area contributed by atoms with E-state index in [4.69, 9.17) is 4.74 Å². The first-order chi connectivity index (χ1) is 6.43. The minimum absolute atomic E-state index is 0.0880. The van der Waals surface area contributed by atoms with Crippen molar-refractivity contribution >= 4 is 8.46 Å². The molecule has 3 nitrogen and oxygen atoms in total. The fourth-order valence-corrected chi connectivity index (χ4v) is 2.11. The van der Waals surface area contributed by atoms with Crippen LogP contribution in [0.3, 0.4) is 0 Å². The van der Waals surface area contributed by atoms with E-state index in [2.05, 4.69) is 6.92 Å². The van der Waals surface area contributed by atoms with E-state index in [1.54, 1.807) is 0 Å². The Morgan fingerprint density at radius 2 is 1.86 bits per heavy atom. The summed E-state index contributed by atoms with van der Waals surface area (Å²) in [4.78, 5) is 0. The topological polar surface area (TPSA) is 26.3 Å². The summed E-state index contributed by atoms with van der Waals surface area (Å²) < 4.78 is 17.6. The van der Waals surface area contributed by atoms with Gasteiger partial charge in [-0.1, -0.05) is 13.3 Å². The lowest BCUT2D eigenvalue weighted by Crippen LogP contribution is -2.55. The zero-order valence-corrected chi connectivity index (χ0v) is 10.9. The summed E-state index contributed by atoms with van der Waals surface area (Å²) in [6.07, 6.45) is 2.99. The SMILES string of the molecule is CCCCC(OCC)(P=O)[N+](C)(C)C. The van der Waals surface area contributed by atoms with Gasteiger partial charge in [0, 0.05) is 6.42 Å². The first-order valence-corrected chi connectivity index (χ1v) is 6.04. The Morgan fingerprint density at radius 1 is 1.29 bits per heavy atom. The Hall–Kier alpha value is 0.0200. The third-order valence-electron chi connectivity index (χ3n) is 2.42. The van der Waals surface area contributed by atoms with Crippen LogP contribution in [0.4, 0.5) is 0 Å². The van der Waals surface area contributed by atoms with Crippen LogP contribution in [0.2, 0.25) is 0 Å². The van der Waals surface area contributed by atoms with Crippen molar-refractivity contribution in [2.75, 3.05) is 27.7 Å². The van der Waals surface area contributed by atoms with E-state index in [0.717, 1.165) is 19.3 Å². The van der Waals surface area contributed by atoms with Crippen molar-refractivity contribution in [2.24, 2.45) is 0 Å². The van der Waals surface area contributed by atoms with Crippen molar-refractivity contribution in [3.8, 4) is 0 Å². The molecule has 0 amide bonds. The number of quaternary nitrogens is 1. The third-order valence-corrected chi connectivity index (χ3v) is 3.66. The van der Waals surface area contributed by atoms with Gasteiger partial charge in [-0.2, -0.15) is 0 Å². The molecule has 0 N–H and O–H groups in total. The van der Waals surface area contributed by atoms with Gasteiger partial charge >= 0.3 is 0 Å². The van der Waals surface area contributed by atoms with E-state index in [1.807, 2.05) is 28.1 Å². The van der Waals surface area contributed by atoms with E-state index in [1.165, 1.54) is 0 Å². The molecule has 0 aliphatic heterocycles. The molecule has 1 atom stereocenters. The molecule has 4 heteroatoms. The first kappa shape index (κ1) is 14.0. The zero-order valence-electron chi connectivity index (χ0n) is 10.0. The molecule has 0 aliphatic carbocycles. The van der Waals surface area contributed by atoms with Gasteiger partial charge in [0.05, 0.1) is 27.7 Å². The van der Waals surface area contributed by atoms with Crippen molar-refractivity contribution in [1.29, 1.82) is 0 Å². The van der Waals surface area contributed by atoms with Gasteiger partial charge in [-0.05, 0) is 13.3 Å². The summed E-state index contributed by atoms with van der Waals surface area (Å²) in [5.41, 5.74) is -0.565. The molecule has 0 heterocycles. The second kappa shape index (κ2) is 5.79. The molecule has 0 aromatic carbocycles. The average Bonchev–Trinajstić information content (AvgIpc) is 2.10. The van der Waals surface area contributed by atoms with Gasteiger partial charge in [-0.3, -0.25) is 9.05 Å². The minimum Gasteiger partial charge on any atom is -0.318 e. The monoisotopic (exact) mass is 220 g/mol. The van der Waals surface area contributed by atoms with Crippen LogP contribution in [0.15, 0.2) is 0 Å². The van der Waals surface area contributed by atoms with Crippen LogP contribution < -0.4 is 0 Å². The molecule has 0 spiro atoms. The second-order valence-electron chi connectivity index (χ2n) is 4.38. The quantitative estimate of drug-likeness (QED) is 0.374. The minimum atomic E-state index is -0.565. The molecule has 0 bridgehead atoms. The summed E-state index contributed by atoms with van der Waals surface area (Å²) in [5.74, 6) is 0. The van der Waals surface area contributed by atoms with E-state index in [-0.39, 0.29) is 8.46 Å². The molecular formula is C10H23NO2P+.